The fourth-order valence-electron chi connectivity index (χ4n) is 4.26. The van der Waals surface area contributed by atoms with Crippen LogP contribution in [-0.2, 0) is 11.3 Å². The smallest absolute Gasteiger partial charge is 0.408 e. The van der Waals surface area contributed by atoms with E-state index in [0.29, 0.717) is 30.5 Å². The molecule has 1 amide bonds. The van der Waals surface area contributed by atoms with Crippen molar-refractivity contribution >= 4 is 5.91 Å². The van der Waals surface area contributed by atoms with Gasteiger partial charge >= 0.3 is 5.76 Å². The summed E-state index contributed by atoms with van der Waals surface area (Å²) >= 11 is 0. The second-order valence-corrected chi connectivity index (χ2v) is 7.70. The molecule has 28 heavy (non-hydrogen) atoms. The van der Waals surface area contributed by atoms with Gasteiger partial charge in [-0.15, -0.1) is 0 Å². The highest BCUT2D eigenvalue weighted by Crippen LogP contribution is 2.23. The molecule has 0 N–H and O–H groups in total. The number of carbonyl (C=O) groups excluding carboxylic acids is 1. The lowest BCUT2D eigenvalue weighted by molar-refractivity contribution is -0.134. The average molecular weight is 387 g/mol. The molecule has 0 atom stereocenters. The maximum atomic E-state index is 13.1. The van der Waals surface area contributed by atoms with Gasteiger partial charge in [0, 0.05) is 37.8 Å². The van der Waals surface area contributed by atoms with Crippen LogP contribution >= 0.6 is 0 Å². The minimum absolute atomic E-state index is 0.0348. The predicted molar refractivity (Wildman–Crippen MR) is 103 cm³/mol. The summed E-state index contributed by atoms with van der Waals surface area (Å²) < 4.78 is 19.6. The second-order valence-electron chi connectivity index (χ2n) is 7.70. The molecule has 0 bridgehead atoms. The number of hydrogen-bond acceptors (Lipinski definition) is 4. The standard InChI is InChI=1S/C21H26FN3O3/c22-17-8-6-16(7-9-17)19-14-25(21(27)28-19)15-20(26)24-12-10-23(11-13-24)18-4-2-1-3-5-18/h6-9,14,18H,1-5,10-13,15H2. The van der Waals surface area contributed by atoms with Crippen LogP contribution in [0.4, 0.5) is 4.39 Å². The summed E-state index contributed by atoms with van der Waals surface area (Å²) in [6.45, 7) is 3.17. The molecule has 1 aliphatic heterocycles. The fraction of sp³-hybridized carbons (Fsp3) is 0.524. The average Bonchev–Trinajstić information content (AvgIpc) is 3.09. The van der Waals surface area contributed by atoms with Crippen LogP contribution in [-0.4, -0.2) is 52.5 Å². The highest BCUT2D eigenvalue weighted by molar-refractivity contribution is 5.76. The first-order chi connectivity index (χ1) is 13.6. The summed E-state index contributed by atoms with van der Waals surface area (Å²) in [5.41, 5.74) is 0.603. The Morgan fingerprint density at radius 1 is 1.04 bits per heavy atom. The number of aromatic nitrogens is 1. The number of nitrogens with zero attached hydrogens (tertiary/aromatic N) is 3. The molecule has 0 radical (unpaired) electrons. The molecule has 2 aliphatic rings. The number of hydrogen-bond donors (Lipinski definition) is 0. The minimum Gasteiger partial charge on any atom is -0.408 e. The number of halogens is 1. The molecule has 150 valence electrons. The van der Waals surface area contributed by atoms with E-state index in [4.69, 9.17) is 4.42 Å². The fourth-order valence-corrected chi connectivity index (χ4v) is 4.26. The third-order valence-electron chi connectivity index (χ3n) is 5.90. The second kappa shape index (κ2) is 8.31. The number of piperazine rings is 1. The molecule has 0 spiro atoms. The van der Waals surface area contributed by atoms with E-state index in [1.165, 1.54) is 55.0 Å². The normalized spacial score (nSPS) is 19.1. The maximum Gasteiger partial charge on any atom is 0.419 e. The lowest BCUT2D eigenvalue weighted by Gasteiger charge is -2.40. The van der Waals surface area contributed by atoms with Crippen molar-refractivity contribution in [2.75, 3.05) is 26.2 Å². The first-order valence-corrected chi connectivity index (χ1v) is 10.1. The van der Waals surface area contributed by atoms with Crippen LogP contribution in [0.5, 0.6) is 0 Å². The SMILES string of the molecule is O=C(Cn1cc(-c2ccc(F)cc2)oc1=O)N1CCN(C2CCCCC2)CC1. The molecule has 2 fully saturated rings. The van der Waals surface area contributed by atoms with Gasteiger partial charge in [0.1, 0.15) is 12.4 Å². The number of benzene rings is 1. The Labute approximate surface area is 163 Å². The zero-order valence-corrected chi connectivity index (χ0v) is 16.0. The summed E-state index contributed by atoms with van der Waals surface area (Å²) in [6, 6.07) is 6.38. The highest BCUT2D eigenvalue weighted by atomic mass is 19.1. The maximum absolute atomic E-state index is 13.1. The predicted octanol–water partition coefficient (Wildman–Crippen LogP) is 2.72. The number of rotatable bonds is 4. The van der Waals surface area contributed by atoms with Gasteiger partial charge in [-0.25, -0.2) is 9.18 Å². The van der Waals surface area contributed by atoms with Crippen LogP contribution in [0.25, 0.3) is 11.3 Å². The van der Waals surface area contributed by atoms with E-state index in [1.807, 2.05) is 4.90 Å². The van der Waals surface area contributed by atoms with Gasteiger partial charge in [0.25, 0.3) is 0 Å². The van der Waals surface area contributed by atoms with Crippen molar-refractivity contribution < 1.29 is 13.6 Å². The van der Waals surface area contributed by atoms with Crippen molar-refractivity contribution in [3.8, 4) is 11.3 Å². The highest BCUT2D eigenvalue weighted by Gasteiger charge is 2.27. The molecule has 2 heterocycles. The molecule has 1 saturated heterocycles. The lowest BCUT2D eigenvalue weighted by atomic mass is 9.94. The summed E-state index contributed by atoms with van der Waals surface area (Å²) in [6.07, 6.45) is 8.02. The van der Waals surface area contributed by atoms with Crippen molar-refractivity contribution in [3.05, 3.63) is 46.8 Å². The molecule has 1 aromatic heterocycles. The van der Waals surface area contributed by atoms with Crippen molar-refractivity contribution in [1.82, 2.24) is 14.4 Å². The summed E-state index contributed by atoms with van der Waals surface area (Å²) in [5, 5.41) is 0. The molecule has 4 rings (SSSR count). The van der Waals surface area contributed by atoms with E-state index in [2.05, 4.69) is 4.90 Å². The Balaban J connectivity index is 1.35. The van der Waals surface area contributed by atoms with Crippen LogP contribution < -0.4 is 5.76 Å². The van der Waals surface area contributed by atoms with E-state index in [1.54, 1.807) is 12.1 Å². The first kappa shape index (κ1) is 18.9. The van der Waals surface area contributed by atoms with Gasteiger partial charge in [-0.1, -0.05) is 19.3 Å². The molecule has 1 saturated carbocycles. The van der Waals surface area contributed by atoms with E-state index in [-0.39, 0.29) is 18.3 Å². The molecule has 7 heteroatoms. The molecule has 2 aromatic rings. The number of amides is 1. The Bertz CT molecular complexity index is 860. The molecule has 6 nitrogen and oxygen atoms in total. The largest absolute Gasteiger partial charge is 0.419 e. The summed E-state index contributed by atoms with van der Waals surface area (Å²) in [5.74, 6) is -0.668. The van der Waals surface area contributed by atoms with Crippen molar-refractivity contribution in [1.29, 1.82) is 0 Å². The molecule has 1 aromatic carbocycles. The monoisotopic (exact) mass is 387 g/mol. The van der Waals surface area contributed by atoms with Gasteiger partial charge in [-0.3, -0.25) is 14.3 Å². The van der Waals surface area contributed by atoms with Crippen LogP contribution in [0.1, 0.15) is 32.1 Å². The Kier molecular flexibility index (Phi) is 5.62. The van der Waals surface area contributed by atoms with E-state index in [0.717, 1.165) is 13.1 Å². The van der Waals surface area contributed by atoms with Crippen LogP contribution in [0, 0.1) is 5.82 Å². The Morgan fingerprint density at radius 3 is 2.39 bits per heavy atom. The van der Waals surface area contributed by atoms with Gasteiger partial charge in [0.15, 0.2) is 5.76 Å². The van der Waals surface area contributed by atoms with Gasteiger partial charge in [-0.05, 0) is 37.1 Å². The molecular weight excluding hydrogens is 361 g/mol. The topological polar surface area (TPSA) is 58.7 Å². The zero-order chi connectivity index (χ0) is 19.5. The summed E-state index contributed by atoms with van der Waals surface area (Å²) in [4.78, 5) is 29.1. The number of oxazole rings is 1. The third kappa shape index (κ3) is 4.19. The third-order valence-corrected chi connectivity index (χ3v) is 5.90. The van der Waals surface area contributed by atoms with E-state index >= 15 is 0 Å². The van der Waals surface area contributed by atoms with Crippen molar-refractivity contribution in [2.45, 2.75) is 44.7 Å². The van der Waals surface area contributed by atoms with Crippen LogP contribution in [0.3, 0.4) is 0 Å². The van der Waals surface area contributed by atoms with Gasteiger partial charge in [-0.2, -0.15) is 0 Å². The zero-order valence-electron chi connectivity index (χ0n) is 16.0. The van der Waals surface area contributed by atoms with Crippen molar-refractivity contribution in [2.24, 2.45) is 0 Å². The number of carbonyl (C=O) groups is 1. The first-order valence-electron chi connectivity index (χ1n) is 10.1. The minimum atomic E-state index is -0.575. The van der Waals surface area contributed by atoms with Gasteiger partial charge in [0.2, 0.25) is 5.91 Å². The van der Waals surface area contributed by atoms with Gasteiger partial charge in [0.05, 0.1) is 6.20 Å². The molecule has 1 aliphatic carbocycles. The Hall–Kier alpha value is -2.41. The van der Waals surface area contributed by atoms with Crippen LogP contribution in [0.15, 0.2) is 39.7 Å². The Morgan fingerprint density at radius 2 is 1.71 bits per heavy atom. The van der Waals surface area contributed by atoms with E-state index in [9.17, 15) is 14.0 Å². The molecular formula is C21H26FN3O3. The lowest BCUT2D eigenvalue weighted by Crippen LogP contribution is -2.53. The molecule has 0 unspecified atom stereocenters. The summed E-state index contributed by atoms with van der Waals surface area (Å²) in [7, 11) is 0. The quantitative estimate of drug-likeness (QED) is 0.810. The van der Waals surface area contributed by atoms with Gasteiger partial charge < -0.3 is 9.32 Å². The van der Waals surface area contributed by atoms with Crippen LogP contribution in [0.2, 0.25) is 0 Å². The van der Waals surface area contributed by atoms with E-state index < -0.39 is 5.76 Å². The van der Waals surface area contributed by atoms with Crippen molar-refractivity contribution in [3.63, 3.8) is 0 Å².